The number of hydrogen-bond acceptors (Lipinski definition) is 7. The number of anilines is 1. The van der Waals surface area contributed by atoms with Crippen molar-refractivity contribution in [1.82, 2.24) is 14.9 Å². The van der Waals surface area contributed by atoms with E-state index in [0.717, 1.165) is 34.6 Å². The van der Waals surface area contributed by atoms with Crippen LogP contribution < -0.4 is 10.6 Å². The Bertz CT molecular complexity index is 1050. The molecule has 1 amide bonds. The number of carbonyl (C=O) groups excluding carboxylic acids is 1. The van der Waals surface area contributed by atoms with Gasteiger partial charge in [0, 0.05) is 37.6 Å². The molecule has 1 atom stereocenters. The van der Waals surface area contributed by atoms with Crippen molar-refractivity contribution in [1.29, 1.82) is 0 Å². The summed E-state index contributed by atoms with van der Waals surface area (Å²) < 4.78 is 5.54. The number of likely N-dealkylation sites (N-methyl/N-ethyl adjacent to an activating group) is 1. The molecule has 8 nitrogen and oxygen atoms in total. The lowest BCUT2D eigenvalue weighted by molar-refractivity contribution is -0.128. The number of nitrogens with two attached hydrogens (primary N) is 1. The molecule has 8 heteroatoms. The Labute approximate surface area is 195 Å². The van der Waals surface area contributed by atoms with Gasteiger partial charge in [0.25, 0.3) is 0 Å². The minimum atomic E-state index is -0.999. The maximum atomic E-state index is 12.8. The number of ether oxygens (including phenoxy) is 1. The topological polar surface area (TPSA) is 105 Å². The first kappa shape index (κ1) is 24.7. The van der Waals surface area contributed by atoms with E-state index in [9.17, 15) is 9.90 Å². The summed E-state index contributed by atoms with van der Waals surface area (Å²) in [6.07, 6.45) is 6.66. The van der Waals surface area contributed by atoms with Crippen LogP contribution in [0.4, 0.5) is 5.69 Å². The predicted molar refractivity (Wildman–Crippen MR) is 131 cm³/mol. The van der Waals surface area contributed by atoms with Crippen molar-refractivity contribution in [3.8, 4) is 0 Å². The minimum absolute atomic E-state index is 0.125. The van der Waals surface area contributed by atoms with Gasteiger partial charge in [0.2, 0.25) is 5.91 Å². The molecule has 1 saturated heterocycles. The van der Waals surface area contributed by atoms with Crippen molar-refractivity contribution in [3.63, 3.8) is 0 Å². The Balaban J connectivity index is 1.64. The minimum Gasteiger partial charge on any atom is -0.498 e. The molecule has 178 valence electrons. The Morgan fingerprint density at radius 1 is 1.33 bits per heavy atom. The highest BCUT2D eigenvalue weighted by Crippen LogP contribution is 2.31. The molecule has 2 aromatic heterocycles. The Hall–Kier alpha value is -2.97. The number of nitrogens with zero attached hydrogens (tertiary/aromatic N) is 4. The molecule has 1 fully saturated rings. The zero-order chi connectivity index (χ0) is 24.0. The van der Waals surface area contributed by atoms with Crippen molar-refractivity contribution in [2.75, 3.05) is 44.7 Å². The monoisotopic (exact) mass is 453 g/mol. The second-order valence-corrected chi connectivity index (χ2v) is 8.83. The third kappa shape index (κ3) is 6.30. The second-order valence-electron chi connectivity index (χ2n) is 8.83. The van der Waals surface area contributed by atoms with Gasteiger partial charge >= 0.3 is 0 Å². The number of aromatic nitrogens is 2. The van der Waals surface area contributed by atoms with E-state index in [-0.39, 0.29) is 12.5 Å². The lowest BCUT2D eigenvalue weighted by Gasteiger charge is -2.29. The number of hydrogen-bond donors (Lipinski definition) is 2. The predicted octanol–water partition coefficient (Wildman–Crippen LogP) is 2.55. The van der Waals surface area contributed by atoms with Crippen LogP contribution in [-0.2, 0) is 9.53 Å². The van der Waals surface area contributed by atoms with E-state index in [1.807, 2.05) is 32.0 Å². The molecule has 0 spiro atoms. The molecule has 0 radical (unpaired) electrons. The molecule has 3 heterocycles. The van der Waals surface area contributed by atoms with E-state index < -0.39 is 5.60 Å². The van der Waals surface area contributed by atoms with E-state index in [2.05, 4.69) is 14.9 Å². The molecule has 3 rings (SSSR count). The lowest BCUT2D eigenvalue weighted by atomic mass is 10.0. The van der Waals surface area contributed by atoms with Crippen LogP contribution in [0.1, 0.15) is 32.4 Å². The summed E-state index contributed by atoms with van der Waals surface area (Å²) in [6, 6.07) is 5.84. The van der Waals surface area contributed by atoms with E-state index in [1.165, 1.54) is 0 Å². The van der Waals surface area contributed by atoms with Gasteiger partial charge in [-0.25, -0.2) is 4.98 Å². The molecule has 3 N–H and O–H groups in total. The highest BCUT2D eigenvalue weighted by atomic mass is 16.5. The van der Waals surface area contributed by atoms with Crippen LogP contribution in [0.3, 0.4) is 0 Å². The van der Waals surface area contributed by atoms with Crippen molar-refractivity contribution in [2.24, 2.45) is 5.73 Å². The first-order valence-corrected chi connectivity index (χ1v) is 11.4. The molecule has 1 unspecified atom stereocenters. The van der Waals surface area contributed by atoms with Gasteiger partial charge in [-0.05, 0) is 64.4 Å². The fourth-order valence-electron chi connectivity index (χ4n) is 4.05. The molecule has 0 bridgehead atoms. The number of aryl methyl sites for hydroxylation is 1. The van der Waals surface area contributed by atoms with Gasteiger partial charge in [-0.3, -0.25) is 9.78 Å². The highest BCUT2D eigenvalue weighted by Gasteiger charge is 2.38. The third-order valence-corrected chi connectivity index (χ3v) is 5.84. The van der Waals surface area contributed by atoms with E-state index in [0.29, 0.717) is 38.2 Å². The normalized spacial score (nSPS) is 19.3. The number of aliphatic hydroxyl groups is 1. The summed E-state index contributed by atoms with van der Waals surface area (Å²) in [5.41, 5.74) is 8.60. The fourth-order valence-corrected chi connectivity index (χ4v) is 4.05. The van der Waals surface area contributed by atoms with Crippen molar-refractivity contribution < 1.29 is 14.6 Å². The summed E-state index contributed by atoms with van der Waals surface area (Å²) in [6.45, 7) is 8.08. The number of fused-ring (bicyclic) bond motifs is 1. The molecular formula is C25H35N5O3. The molecule has 2 aromatic rings. The van der Waals surface area contributed by atoms with E-state index in [4.69, 9.17) is 10.5 Å². The molecule has 1 aliphatic heterocycles. The number of allylic oxidation sites excluding steroid dienone is 3. The fraction of sp³-hybridized carbons (Fsp3) is 0.480. The average molecular weight is 454 g/mol. The number of β-amino-alcohol motifs (C(OH)–C–C–N with tert-alkyl or cyclic N) is 1. The van der Waals surface area contributed by atoms with Crippen LogP contribution in [0.2, 0.25) is 0 Å². The first-order valence-electron chi connectivity index (χ1n) is 11.4. The van der Waals surface area contributed by atoms with Crippen LogP contribution in [0, 0.1) is 6.92 Å². The summed E-state index contributed by atoms with van der Waals surface area (Å²) in [4.78, 5) is 25.6. The molecular weight excluding hydrogens is 418 g/mol. The molecule has 0 aliphatic carbocycles. The van der Waals surface area contributed by atoms with E-state index >= 15 is 0 Å². The summed E-state index contributed by atoms with van der Waals surface area (Å²) in [5.74, 6) is 0.608. The zero-order valence-electron chi connectivity index (χ0n) is 20.0. The van der Waals surface area contributed by atoms with Crippen LogP contribution in [0.15, 0.2) is 47.9 Å². The number of amides is 1. The van der Waals surface area contributed by atoms with Gasteiger partial charge in [0.15, 0.2) is 0 Å². The Kier molecular flexibility index (Phi) is 8.05. The molecule has 0 aromatic carbocycles. The standard InChI is InChI=1S/C25H35N5O3/c1-18(6-8-20(3)33-15-5-12-26)24(31)29(4)16-25(32)11-14-30(17-25)22-10-13-27-21-9-7-19(2)28-23(21)22/h6-10,13,32H,5,11-12,14-17,26H2,1-4H3/b18-6+,20-8+. The molecule has 0 saturated carbocycles. The van der Waals surface area contributed by atoms with Gasteiger partial charge in [0.05, 0.1) is 30.1 Å². The van der Waals surface area contributed by atoms with Crippen LogP contribution >= 0.6 is 0 Å². The van der Waals surface area contributed by atoms with Gasteiger partial charge < -0.3 is 25.4 Å². The van der Waals surface area contributed by atoms with Gasteiger partial charge in [0.1, 0.15) is 11.1 Å². The Morgan fingerprint density at radius 3 is 2.88 bits per heavy atom. The number of pyridine rings is 2. The zero-order valence-corrected chi connectivity index (χ0v) is 20.0. The molecule has 33 heavy (non-hydrogen) atoms. The van der Waals surface area contributed by atoms with Gasteiger partial charge in [-0.2, -0.15) is 0 Å². The number of carbonyl (C=O) groups is 1. The third-order valence-electron chi connectivity index (χ3n) is 5.84. The van der Waals surface area contributed by atoms with Crippen molar-refractivity contribution in [3.05, 3.63) is 53.6 Å². The van der Waals surface area contributed by atoms with Crippen LogP contribution in [0.25, 0.3) is 11.0 Å². The highest BCUT2D eigenvalue weighted by molar-refractivity contribution is 5.93. The van der Waals surface area contributed by atoms with Crippen LogP contribution in [-0.4, -0.2) is 71.3 Å². The lowest BCUT2D eigenvalue weighted by Crippen LogP contribution is -2.46. The quantitative estimate of drug-likeness (QED) is 0.260. The molecule has 1 aliphatic rings. The van der Waals surface area contributed by atoms with Crippen LogP contribution in [0.5, 0.6) is 0 Å². The van der Waals surface area contributed by atoms with Gasteiger partial charge in [-0.1, -0.05) is 6.08 Å². The maximum Gasteiger partial charge on any atom is 0.249 e. The summed E-state index contributed by atoms with van der Waals surface area (Å²) in [7, 11) is 1.72. The Morgan fingerprint density at radius 2 is 2.12 bits per heavy atom. The SMILES string of the molecule is C/C(=C\C=C(/C)C(=O)N(C)CC1(O)CCN(c2ccnc3ccc(C)nc23)C1)OCCCN. The second kappa shape index (κ2) is 10.8. The summed E-state index contributed by atoms with van der Waals surface area (Å²) in [5, 5.41) is 11.3. The smallest absolute Gasteiger partial charge is 0.249 e. The van der Waals surface area contributed by atoms with Crippen molar-refractivity contribution in [2.45, 2.75) is 39.2 Å². The largest absolute Gasteiger partial charge is 0.498 e. The first-order chi connectivity index (χ1) is 15.7. The van der Waals surface area contributed by atoms with E-state index in [1.54, 1.807) is 37.2 Å². The maximum absolute atomic E-state index is 12.8. The van der Waals surface area contributed by atoms with Gasteiger partial charge in [-0.15, -0.1) is 0 Å². The number of rotatable bonds is 9. The average Bonchev–Trinajstić information content (AvgIpc) is 3.17. The summed E-state index contributed by atoms with van der Waals surface area (Å²) >= 11 is 0. The van der Waals surface area contributed by atoms with Crippen molar-refractivity contribution >= 4 is 22.6 Å².